The Labute approximate surface area is 117 Å². The molecule has 0 saturated carbocycles. The second-order valence-corrected chi connectivity index (χ2v) is 5.28. The van der Waals surface area contributed by atoms with Crippen LogP contribution in [0.5, 0.6) is 0 Å². The van der Waals surface area contributed by atoms with Crippen LogP contribution in [0, 0.1) is 11.6 Å². The Balaban J connectivity index is 3.03. The minimum Gasteiger partial charge on any atom is -0.477 e. The lowest BCUT2D eigenvalue weighted by Gasteiger charge is -2.27. The Morgan fingerprint density at radius 1 is 1.29 bits per heavy atom. The second-order valence-electron chi connectivity index (χ2n) is 5.28. The summed E-state index contributed by atoms with van der Waals surface area (Å²) in [5.74, 6) is -3.99. The molecule has 0 unspecified atom stereocenters. The number of hydrogen-bond acceptors (Lipinski definition) is 2. The van der Waals surface area contributed by atoms with Crippen LogP contribution < -0.4 is 5.43 Å². The molecule has 0 fully saturated rings. The van der Waals surface area contributed by atoms with E-state index < -0.39 is 40.8 Å². The maximum absolute atomic E-state index is 13.4. The van der Waals surface area contributed by atoms with E-state index >= 15 is 0 Å². The molecule has 21 heavy (non-hydrogen) atoms. The monoisotopic (exact) mass is 299 g/mol. The average molecular weight is 299 g/mol. The Morgan fingerprint density at radius 3 is 2.38 bits per heavy atom. The third kappa shape index (κ3) is 2.39. The number of rotatable bonds is 3. The third-order valence-corrected chi connectivity index (χ3v) is 3.26. The average Bonchev–Trinajstić information content (AvgIpc) is 2.40. The Hall–Kier alpha value is -2.31. The topological polar surface area (TPSA) is 59.3 Å². The fraction of sp³-hybridized carbons (Fsp3) is 0.286. The van der Waals surface area contributed by atoms with Crippen LogP contribution in [-0.4, -0.2) is 22.3 Å². The molecule has 4 nitrogen and oxygen atoms in total. The molecule has 0 bridgehead atoms. The highest BCUT2D eigenvalue weighted by Crippen LogP contribution is 2.24. The van der Waals surface area contributed by atoms with Gasteiger partial charge in [0.15, 0.2) is 11.6 Å². The van der Waals surface area contributed by atoms with Gasteiger partial charge in [0.25, 0.3) is 0 Å². The molecular formula is C14H12F3NO3. The van der Waals surface area contributed by atoms with Crippen LogP contribution in [0.1, 0.15) is 24.2 Å². The molecule has 0 aliphatic heterocycles. The van der Waals surface area contributed by atoms with Gasteiger partial charge in [0, 0.05) is 17.6 Å². The van der Waals surface area contributed by atoms with Crippen molar-refractivity contribution in [3.63, 3.8) is 0 Å². The van der Waals surface area contributed by atoms with Crippen molar-refractivity contribution < 1.29 is 23.1 Å². The summed E-state index contributed by atoms with van der Waals surface area (Å²) in [7, 11) is 0. The van der Waals surface area contributed by atoms with E-state index in [1.807, 2.05) is 0 Å². The first-order valence-electron chi connectivity index (χ1n) is 6.03. The fourth-order valence-corrected chi connectivity index (χ4v) is 2.04. The lowest BCUT2D eigenvalue weighted by atomic mass is 10.0. The van der Waals surface area contributed by atoms with Gasteiger partial charge in [-0.1, -0.05) is 0 Å². The number of hydrogen-bond donors (Lipinski definition) is 1. The molecule has 1 aromatic heterocycles. The molecule has 1 aromatic carbocycles. The standard InChI is InChI=1S/C14H12F3NO3/c1-14(2,6-15)18-5-8(13(20)21)12(19)7-3-9(16)10(17)4-11(7)18/h3-5H,6H2,1-2H3,(H,20,21). The number of carbonyl (C=O) groups is 1. The van der Waals surface area contributed by atoms with Crippen molar-refractivity contribution in [3.05, 3.63) is 45.8 Å². The van der Waals surface area contributed by atoms with E-state index in [2.05, 4.69) is 0 Å². The van der Waals surface area contributed by atoms with Gasteiger partial charge in [-0.15, -0.1) is 0 Å². The number of carboxylic acid groups (broad SMARTS) is 1. The number of nitrogens with zero attached hydrogens (tertiary/aromatic N) is 1. The van der Waals surface area contributed by atoms with Gasteiger partial charge in [-0.2, -0.15) is 0 Å². The molecule has 0 aliphatic carbocycles. The van der Waals surface area contributed by atoms with Gasteiger partial charge in [-0.25, -0.2) is 18.0 Å². The first-order chi connectivity index (χ1) is 9.69. The first kappa shape index (κ1) is 15.1. The molecule has 1 N–H and O–H groups in total. The predicted octanol–water partition coefficient (Wildman–Crippen LogP) is 2.68. The van der Waals surface area contributed by atoms with Crippen LogP contribution in [0.25, 0.3) is 10.9 Å². The molecule has 2 rings (SSSR count). The van der Waals surface area contributed by atoms with Gasteiger partial charge >= 0.3 is 5.97 Å². The maximum atomic E-state index is 13.4. The SMILES string of the molecule is CC(C)(CF)n1cc(C(=O)O)c(=O)c2cc(F)c(F)cc21. The molecule has 0 aliphatic rings. The molecule has 112 valence electrons. The summed E-state index contributed by atoms with van der Waals surface area (Å²) in [4.78, 5) is 23.1. The van der Waals surface area contributed by atoms with Gasteiger partial charge in [-0.3, -0.25) is 4.79 Å². The maximum Gasteiger partial charge on any atom is 0.341 e. The van der Waals surface area contributed by atoms with Crippen LogP contribution >= 0.6 is 0 Å². The van der Waals surface area contributed by atoms with E-state index in [0.717, 1.165) is 16.8 Å². The Kier molecular flexibility index (Phi) is 3.52. The summed E-state index contributed by atoms with van der Waals surface area (Å²) in [6.45, 7) is 2.01. The van der Waals surface area contributed by atoms with E-state index in [4.69, 9.17) is 5.11 Å². The number of carboxylic acids is 1. The first-order valence-corrected chi connectivity index (χ1v) is 6.03. The minimum atomic E-state index is -1.52. The third-order valence-electron chi connectivity index (χ3n) is 3.26. The fourth-order valence-electron chi connectivity index (χ4n) is 2.04. The lowest BCUT2D eigenvalue weighted by molar-refractivity contribution is 0.0694. The highest BCUT2D eigenvalue weighted by atomic mass is 19.2. The molecule has 2 aromatic rings. The number of halogens is 3. The zero-order valence-electron chi connectivity index (χ0n) is 11.3. The van der Waals surface area contributed by atoms with Crippen molar-refractivity contribution in [2.24, 2.45) is 0 Å². The van der Waals surface area contributed by atoms with Crippen molar-refractivity contribution in [1.29, 1.82) is 0 Å². The normalized spacial score (nSPS) is 11.9. The summed E-state index contributed by atoms with van der Waals surface area (Å²) in [5, 5.41) is 8.73. The highest BCUT2D eigenvalue weighted by Gasteiger charge is 2.25. The van der Waals surface area contributed by atoms with Gasteiger partial charge in [0.1, 0.15) is 12.2 Å². The zero-order valence-corrected chi connectivity index (χ0v) is 11.3. The van der Waals surface area contributed by atoms with Crippen LogP contribution in [0.15, 0.2) is 23.1 Å². The second kappa shape index (κ2) is 4.91. The van der Waals surface area contributed by atoms with Gasteiger partial charge in [0.2, 0.25) is 5.43 Å². The van der Waals surface area contributed by atoms with E-state index in [1.54, 1.807) is 0 Å². The van der Waals surface area contributed by atoms with Crippen molar-refractivity contribution in [2.45, 2.75) is 19.4 Å². The van der Waals surface area contributed by atoms with Gasteiger partial charge < -0.3 is 9.67 Å². The molecule has 0 amide bonds. The van der Waals surface area contributed by atoms with Gasteiger partial charge in [0.05, 0.1) is 11.1 Å². The van der Waals surface area contributed by atoms with Crippen LogP contribution in [-0.2, 0) is 5.54 Å². The number of alkyl halides is 1. The molecule has 0 spiro atoms. The summed E-state index contributed by atoms with van der Waals surface area (Å²) >= 11 is 0. The summed E-state index contributed by atoms with van der Waals surface area (Å²) in [6.07, 6.45) is 0.948. The molecule has 1 heterocycles. The molecule has 0 atom stereocenters. The number of aromatic carboxylic acids is 1. The largest absolute Gasteiger partial charge is 0.477 e. The Morgan fingerprint density at radius 2 is 1.86 bits per heavy atom. The van der Waals surface area contributed by atoms with Crippen molar-refractivity contribution >= 4 is 16.9 Å². The predicted molar refractivity (Wildman–Crippen MR) is 70.4 cm³/mol. The van der Waals surface area contributed by atoms with E-state index in [9.17, 15) is 22.8 Å². The lowest BCUT2D eigenvalue weighted by Crippen LogP contribution is -2.32. The highest BCUT2D eigenvalue weighted by molar-refractivity contribution is 5.92. The smallest absolute Gasteiger partial charge is 0.341 e. The number of fused-ring (bicyclic) bond motifs is 1. The molecule has 0 radical (unpaired) electrons. The number of pyridine rings is 1. The molecule has 0 saturated heterocycles. The van der Waals surface area contributed by atoms with Crippen LogP contribution in [0.3, 0.4) is 0 Å². The van der Waals surface area contributed by atoms with E-state index in [0.29, 0.717) is 6.07 Å². The van der Waals surface area contributed by atoms with Crippen molar-refractivity contribution in [2.75, 3.05) is 6.67 Å². The zero-order chi connectivity index (χ0) is 15.9. The van der Waals surface area contributed by atoms with Crippen LogP contribution in [0.4, 0.5) is 13.2 Å². The summed E-state index contributed by atoms with van der Waals surface area (Å²) < 4.78 is 41.1. The number of aromatic nitrogens is 1. The van der Waals surface area contributed by atoms with Crippen molar-refractivity contribution in [3.8, 4) is 0 Å². The number of benzene rings is 1. The Bertz CT molecular complexity index is 796. The summed E-state index contributed by atoms with van der Waals surface area (Å²) in [6, 6.07) is 1.39. The van der Waals surface area contributed by atoms with Gasteiger partial charge in [-0.05, 0) is 19.9 Å². The summed E-state index contributed by atoms with van der Waals surface area (Å²) in [5.41, 5.74) is -2.86. The van der Waals surface area contributed by atoms with Crippen molar-refractivity contribution in [1.82, 2.24) is 4.57 Å². The quantitative estimate of drug-likeness (QED) is 0.948. The van der Waals surface area contributed by atoms with Crippen LogP contribution in [0.2, 0.25) is 0 Å². The van der Waals surface area contributed by atoms with E-state index in [1.165, 1.54) is 13.8 Å². The minimum absolute atomic E-state index is 0.0634. The van der Waals surface area contributed by atoms with E-state index in [-0.39, 0.29) is 10.9 Å². The molecule has 7 heteroatoms. The molecular weight excluding hydrogens is 287 g/mol.